The zero-order chi connectivity index (χ0) is 29.3. The number of Topliss-reactive ketones (excluding diaryl/α,β-unsaturated/α-hetero) is 2. The average molecular weight is 558 g/mol. The minimum absolute atomic E-state index is 0.0584. The minimum atomic E-state index is -2.72. The number of rotatable bonds is 6. The van der Waals surface area contributed by atoms with Gasteiger partial charge in [-0.05, 0) is 58.3 Å². The Morgan fingerprint density at radius 2 is 1.82 bits per heavy atom. The van der Waals surface area contributed by atoms with Crippen LogP contribution in [0.1, 0.15) is 55.7 Å². The zero-order valence-corrected chi connectivity index (χ0v) is 22.9. The number of benzene rings is 1. The Balaban J connectivity index is 1.62. The summed E-state index contributed by atoms with van der Waals surface area (Å²) >= 11 is 0. The summed E-state index contributed by atoms with van der Waals surface area (Å²) in [6.45, 7) is 2.99. The molecule has 0 aromatic heterocycles. The summed E-state index contributed by atoms with van der Waals surface area (Å²) in [6.07, 6.45) is 4.13. The summed E-state index contributed by atoms with van der Waals surface area (Å²) in [5.74, 6) is -8.09. The number of nitrogens with two attached hydrogens (primary N) is 1. The lowest BCUT2D eigenvalue weighted by atomic mass is 9.57. The molecule has 4 atom stereocenters. The number of aliphatic hydroxyl groups excluding tert-OH is 2. The van der Waals surface area contributed by atoms with Gasteiger partial charge in [-0.3, -0.25) is 24.2 Å². The number of nitrogens with zero attached hydrogens (tertiary/aromatic N) is 2. The number of ketones is 2. The van der Waals surface area contributed by atoms with Gasteiger partial charge in [0, 0.05) is 35.2 Å². The highest BCUT2D eigenvalue weighted by atomic mass is 19.1. The second kappa shape index (κ2) is 9.97. The van der Waals surface area contributed by atoms with Gasteiger partial charge < -0.3 is 26.2 Å². The minimum Gasteiger partial charge on any atom is -0.508 e. The number of hydrogen-bond donors (Lipinski definition) is 5. The molecule has 6 N–H and O–H groups in total. The van der Waals surface area contributed by atoms with E-state index in [1.807, 2.05) is 6.92 Å². The molecule has 0 unspecified atom stereocenters. The highest BCUT2D eigenvalue weighted by Gasteiger charge is 2.64. The summed E-state index contributed by atoms with van der Waals surface area (Å²) < 4.78 is 16.1. The number of fused-ring (bicyclic) bond motifs is 3. The van der Waals surface area contributed by atoms with Gasteiger partial charge in [-0.25, -0.2) is 4.39 Å². The largest absolute Gasteiger partial charge is 0.508 e. The van der Waals surface area contributed by atoms with E-state index in [1.165, 1.54) is 25.1 Å². The number of hydrogen-bond acceptors (Lipinski definition) is 9. The molecule has 0 bridgehead atoms. The molecule has 11 heteroatoms. The summed E-state index contributed by atoms with van der Waals surface area (Å²) in [5, 5.41) is 44.8. The van der Waals surface area contributed by atoms with Gasteiger partial charge in [-0.1, -0.05) is 19.8 Å². The predicted octanol–water partition coefficient (Wildman–Crippen LogP) is 1.87. The van der Waals surface area contributed by atoms with Crippen LogP contribution in [0.4, 0.5) is 4.39 Å². The molecule has 0 heterocycles. The van der Waals surface area contributed by atoms with Gasteiger partial charge >= 0.3 is 0 Å². The van der Waals surface area contributed by atoms with E-state index in [0.29, 0.717) is 12.6 Å². The van der Waals surface area contributed by atoms with Crippen LogP contribution in [0.25, 0.3) is 5.76 Å². The molecule has 216 valence electrons. The number of phenols is 1. The van der Waals surface area contributed by atoms with Crippen LogP contribution in [0.3, 0.4) is 0 Å². The van der Waals surface area contributed by atoms with Crippen LogP contribution in [0.2, 0.25) is 0 Å². The maximum atomic E-state index is 16.1. The summed E-state index contributed by atoms with van der Waals surface area (Å²) in [6, 6.07) is 0.401. The van der Waals surface area contributed by atoms with Gasteiger partial charge in [0.05, 0.1) is 11.6 Å². The lowest BCUT2D eigenvalue weighted by Gasteiger charge is -2.50. The zero-order valence-electron chi connectivity index (χ0n) is 22.9. The van der Waals surface area contributed by atoms with Crippen LogP contribution in [0.15, 0.2) is 23.0 Å². The third kappa shape index (κ3) is 3.97. The molecule has 2 fully saturated rings. The number of amides is 1. The Morgan fingerprint density at radius 3 is 2.40 bits per heavy atom. The molecule has 0 aliphatic heterocycles. The van der Waals surface area contributed by atoms with E-state index in [1.54, 1.807) is 0 Å². The molecule has 4 aliphatic rings. The summed E-state index contributed by atoms with van der Waals surface area (Å²) in [5.41, 5.74) is 1.55. The van der Waals surface area contributed by atoms with E-state index in [4.69, 9.17) is 5.73 Å². The molecule has 5 rings (SSSR count). The van der Waals surface area contributed by atoms with Crippen molar-refractivity contribution in [3.05, 3.63) is 45.5 Å². The normalized spacial score (nSPS) is 28.8. The van der Waals surface area contributed by atoms with Gasteiger partial charge in [0.25, 0.3) is 5.91 Å². The first kappa shape index (κ1) is 28.3. The van der Waals surface area contributed by atoms with Crippen LogP contribution < -0.4 is 5.73 Å². The van der Waals surface area contributed by atoms with Crippen LogP contribution in [0, 0.1) is 17.7 Å². The molecule has 0 spiro atoms. The number of aliphatic hydroxyl groups is 3. The van der Waals surface area contributed by atoms with Crippen molar-refractivity contribution in [2.45, 2.75) is 69.7 Å². The topological polar surface area (TPSA) is 165 Å². The van der Waals surface area contributed by atoms with Gasteiger partial charge in [-0.15, -0.1) is 0 Å². The van der Waals surface area contributed by atoms with Crippen LogP contribution in [-0.2, 0) is 27.3 Å². The Morgan fingerprint density at radius 1 is 1.18 bits per heavy atom. The molecule has 1 aromatic carbocycles. The molecule has 0 saturated heterocycles. The molecule has 2 saturated carbocycles. The Labute approximate surface area is 231 Å². The van der Waals surface area contributed by atoms with Crippen LogP contribution in [-0.4, -0.2) is 86.0 Å². The molecular formula is C29H36FN3O7. The highest BCUT2D eigenvalue weighted by Crippen LogP contribution is 2.53. The van der Waals surface area contributed by atoms with Gasteiger partial charge in [0.2, 0.25) is 5.78 Å². The van der Waals surface area contributed by atoms with Crippen LogP contribution >= 0.6 is 0 Å². The Kier molecular flexibility index (Phi) is 7.04. The van der Waals surface area contributed by atoms with E-state index in [2.05, 4.69) is 4.90 Å². The van der Waals surface area contributed by atoms with E-state index in [-0.39, 0.29) is 41.6 Å². The lowest BCUT2D eigenvalue weighted by Crippen LogP contribution is -2.65. The standard InChI is InChI=1S/C29H36FN3O7/c1-4-33(15-7-5-6-8-15)12-14-11-18(34)20-16(22(14)30)9-13-10-17-23(32(2)3)25(36)21(28(31)39)27(38)29(17,40)26(37)19(13)24(20)35/h11,13,15,17,23,34-35,38,40H,4-10,12H2,1-3H3,(H2,31,39)/t13-,17-,23-,29-/m0/s1. The third-order valence-corrected chi connectivity index (χ3v) is 9.35. The average Bonchev–Trinajstić information content (AvgIpc) is 3.41. The quantitative estimate of drug-likeness (QED) is 0.328. The molecule has 40 heavy (non-hydrogen) atoms. The van der Waals surface area contributed by atoms with Crippen molar-refractivity contribution in [1.29, 1.82) is 0 Å². The number of aromatic hydroxyl groups is 1. The number of halogens is 1. The van der Waals surface area contributed by atoms with Crippen molar-refractivity contribution in [2.24, 2.45) is 17.6 Å². The molecule has 1 amide bonds. The maximum Gasteiger partial charge on any atom is 0.255 e. The Bertz CT molecular complexity index is 1360. The smallest absolute Gasteiger partial charge is 0.255 e. The first-order valence-corrected chi connectivity index (χ1v) is 13.8. The van der Waals surface area contributed by atoms with E-state index < -0.39 is 69.6 Å². The van der Waals surface area contributed by atoms with Crippen LogP contribution in [0.5, 0.6) is 5.75 Å². The molecule has 0 radical (unpaired) electrons. The number of carbonyl (C=O) groups excluding carboxylic acids is 3. The van der Waals surface area contributed by atoms with E-state index in [9.17, 15) is 34.8 Å². The maximum absolute atomic E-state index is 16.1. The number of primary amides is 1. The number of likely N-dealkylation sites (N-methyl/N-ethyl adjacent to an activating group) is 1. The van der Waals surface area contributed by atoms with Gasteiger partial charge in [0.15, 0.2) is 11.4 Å². The fourth-order valence-corrected chi connectivity index (χ4v) is 7.45. The first-order valence-electron chi connectivity index (χ1n) is 13.8. The van der Waals surface area contributed by atoms with Crippen molar-refractivity contribution in [3.8, 4) is 5.75 Å². The molecule has 10 nitrogen and oxygen atoms in total. The van der Waals surface area contributed by atoms with Crippen molar-refractivity contribution >= 4 is 23.2 Å². The summed E-state index contributed by atoms with van der Waals surface area (Å²) in [7, 11) is 3.06. The van der Waals surface area contributed by atoms with Gasteiger partial charge in [-0.2, -0.15) is 0 Å². The SMILES string of the molecule is CCN(Cc1cc(O)c2c(c1F)C[C@H]1C[C@H]3[C@H](N(C)C)C(=O)C(C(N)=O)=C(O)[C@@]3(O)C(=O)C1=C2O)C1CCCC1. The second-order valence-electron chi connectivity index (χ2n) is 11.7. The first-order chi connectivity index (χ1) is 18.8. The predicted molar refractivity (Wildman–Crippen MR) is 143 cm³/mol. The van der Waals surface area contributed by atoms with E-state index in [0.717, 1.165) is 25.7 Å². The third-order valence-electron chi connectivity index (χ3n) is 9.35. The fraction of sp³-hybridized carbons (Fsp3) is 0.552. The highest BCUT2D eigenvalue weighted by molar-refractivity contribution is 6.24. The van der Waals surface area contributed by atoms with Crippen molar-refractivity contribution in [2.75, 3.05) is 20.6 Å². The fourth-order valence-electron chi connectivity index (χ4n) is 7.45. The summed E-state index contributed by atoms with van der Waals surface area (Å²) in [4.78, 5) is 42.7. The monoisotopic (exact) mass is 557 g/mol. The Hall–Kier alpha value is -3.28. The molecule has 1 aromatic rings. The van der Waals surface area contributed by atoms with Crippen molar-refractivity contribution in [3.63, 3.8) is 0 Å². The lowest BCUT2D eigenvalue weighted by molar-refractivity contribution is -0.153. The van der Waals surface area contributed by atoms with E-state index >= 15 is 4.39 Å². The molecule has 4 aliphatic carbocycles. The van der Waals surface area contributed by atoms with Crippen molar-refractivity contribution < 1.29 is 39.2 Å². The molecular weight excluding hydrogens is 521 g/mol. The van der Waals surface area contributed by atoms with Crippen molar-refractivity contribution in [1.82, 2.24) is 9.80 Å². The second-order valence-corrected chi connectivity index (χ2v) is 11.7. The van der Waals surface area contributed by atoms with Gasteiger partial charge in [0.1, 0.15) is 28.7 Å². The number of phenolic OH excluding ortho intramolecular Hbond substituents is 1. The number of carbonyl (C=O) groups is 3.